The third kappa shape index (κ3) is 5.30. The standard InChI is InChI=1S/C20H36N4O2/c1-14(2)15-6-8-17(9-7-15)26-13-19-18(22)5-4-10-24(19)20(25)16(11-21)12-23-3/h11-12,14-15,17-19,21,23H,4-10,13,22H2,1-3H3/b16-12+,21-11?/t15-,17+,18-,19-/m0/s1. The summed E-state index contributed by atoms with van der Waals surface area (Å²) in [6.07, 6.45) is 9.42. The summed E-state index contributed by atoms with van der Waals surface area (Å²) < 4.78 is 6.21. The van der Waals surface area contributed by atoms with E-state index in [-0.39, 0.29) is 24.1 Å². The molecule has 1 aliphatic heterocycles. The Morgan fingerprint density at radius 1 is 1.31 bits per heavy atom. The Morgan fingerprint density at radius 3 is 2.58 bits per heavy atom. The fourth-order valence-electron chi connectivity index (χ4n) is 4.20. The van der Waals surface area contributed by atoms with Crippen molar-refractivity contribution in [3.8, 4) is 0 Å². The molecule has 4 N–H and O–H groups in total. The number of carbonyl (C=O) groups is 1. The molecular formula is C20H36N4O2. The molecule has 0 spiro atoms. The van der Waals surface area contributed by atoms with Crippen LogP contribution in [-0.4, -0.2) is 55.4 Å². The van der Waals surface area contributed by atoms with E-state index in [1.807, 2.05) is 4.90 Å². The normalized spacial score (nSPS) is 30.3. The van der Waals surface area contributed by atoms with Gasteiger partial charge in [-0.2, -0.15) is 0 Å². The van der Waals surface area contributed by atoms with Crippen molar-refractivity contribution < 1.29 is 9.53 Å². The molecule has 0 aromatic rings. The number of hydrogen-bond acceptors (Lipinski definition) is 5. The summed E-state index contributed by atoms with van der Waals surface area (Å²) >= 11 is 0. The van der Waals surface area contributed by atoms with Crippen LogP contribution in [0.5, 0.6) is 0 Å². The van der Waals surface area contributed by atoms with Crippen LogP contribution in [0.25, 0.3) is 0 Å². The smallest absolute Gasteiger partial charge is 0.257 e. The third-order valence-electron chi connectivity index (χ3n) is 5.96. The second-order valence-electron chi connectivity index (χ2n) is 8.02. The first-order valence-corrected chi connectivity index (χ1v) is 10.0. The Morgan fingerprint density at radius 2 is 2.00 bits per heavy atom. The van der Waals surface area contributed by atoms with E-state index in [1.54, 1.807) is 13.2 Å². The Labute approximate surface area is 158 Å². The molecule has 6 nitrogen and oxygen atoms in total. The largest absolute Gasteiger partial charge is 0.393 e. The van der Waals surface area contributed by atoms with Crippen molar-refractivity contribution in [3.63, 3.8) is 0 Å². The number of carbonyl (C=O) groups excluding carboxylic acids is 1. The average molecular weight is 365 g/mol. The second-order valence-corrected chi connectivity index (χ2v) is 8.02. The summed E-state index contributed by atoms with van der Waals surface area (Å²) in [6.45, 7) is 5.77. The molecule has 2 atom stereocenters. The highest BCUT2D eigenvalue weighted by Crippen LogP contribution is 2.31. The van der Waals surface area contributed by atoms with Crippen molar-refractivity contribution in [3.05, 3.63) is 11.8 Å². The molecule has 1 heterocycles. The highest BCUT2D eigenvalue weighted by molar-refractivity contribution is 6.11. The predicted octanol–water partition coefficient (Wildman–Crippen LogP) is 2.29. The van der Waals surface area contributed by atoms with Crippen LogP contribution < -0.4 is 11.1 Å². The lowest BCUT2D eigenvalue weighted by Crippen LogP contribution is -2.57. The maximum Gasteiger partial charge on any atom is 0.257 e. The minimum Gasteiger partial charge on any atom is -0.393 e. The number of hydrogen-bond donors (Lipinski definition) is 3. The number of nitrogens with one attached hydrogen (secondary N) is 2. The molecule has 0 radical (unpaired) electrons. The van der Waals surface area contributed by atoms with Gasteiger partial charge in [-0.3, -0.25) is 4.79 Å². The molecule has 0 aromatic heterocycles. The Bertz CT molecular complexity index is 498. The lowest BCUT2D eigenvalue weighted by molar-refractivity contribution is -0.133. The van der Waals surface area contributed by atoms with Crippen LogP contribution >= 0.6 is 0 Å². The van der Waals surface area contributed by atoms with E-state index in [9.17, 15) is 4.79 Å². The molecule has 1 amide bonds. The van der Waals surface area contributed by atoms with Crippen LogP contribution in [-0.2, 0) is 9.53 Å². The van der Waals surface area contributed by atoms with Crippen molar-refractivity contribution >= 4 is 12.1 Å². The van der Waals surface area contributed by atoms with Gasteiger partial charge in [0.2, 0.25) is 0 Å². The molecule has 0 unspecified atom stereocenters. The first-order chi connectivity index (χ1) is 12.5. The molecule has 148 valence electrons. The number of amides is 1. The fraction of sp³-hybridized carbons (Fsp3) is 0.800. The van der Waals surface area contributed by atoms with Gasteiger partial charge >= 0.3 is 0 Å². The summed E-state index contributed by atoms with van der Waals surface area (Å²) in [6, 6.07) is -0.180. The topological polar surface area (TPSA) is 91.4 Å². The van der Waals surface area contributed by atoms with Crippen LogP contribution in [0.15, 0.2) is 11.8 Å². The number of ether oxygens (including phenoxy) is 1. The maximum absolute atomic E-state index is 12.8. The number of nitrogens with two attached hydrogens (primary N) is 1. The number of rotatable bonds is 7. The summed E-state index contributed by atoms with van der Waals surface area (Å²) in [5.41, 5.74) is 6.69. The van der Waals surface area contributed by atoms with Gasteiger partial charge in [0.1, 0.15) is 0 Å². The fourth-order valence-corrected chi connectivity index (χ4v) is 4.20. The first-order valence-electron chi connectivity index (χ1n) is 10.0. The van der Waals surface area contributed by atoms with Gasteiger partial charge in [-0.05, 0) is 50.4 Å². The van der Waals surface area contributed by atoms with Gasteiger partial charge in [0.25, 0.3) is 5.91 Å². The zero-order valence-corrected chi connectivity index (χ0v) is 16.5. The Balaban J connectivity index is 1.95. The highest BCUT2D eigenvalue weighted by Gasteiger charge is 2.34. The zero-order chi connectivity index (χ0) is 19.1. The van der Waals surface area contributed by atoms with Gasteiger partial charge in [0, 0.05) is 32.0 Å². The summed E-state index contributed by atoms with van der Waals surface area (Å²) in [4.78, 5) is 14.6. The van der Waals surface area contributed by atoms with E-state index in [1.165, 1.54) is 12.8 Å². The molecule has 26 heavy (non-hydrogen) atoms. The molecule has 2 rings (SSSR count). The van der Waals surface area contributed by atoms with Crippen LogP contribution in [0.1, 0.15) is 52.4 Å². The van der Waals surface area contributed by atoms with Crippen molar-refractivity contribution in [2.75, 3.05) is 20.2 Å². The summed E-state index contributed by atoms with van der Waals surface area (Å²) in [5, 5.41) is 10.3. The maximum atomic E-state index is 12.8. The SMILES string of the molecule is CN/C=C(\C=N)C(=O)N1CCC[C@H](N)[C@@H]1CO[C@H]1CC[C@@H](C(C)C)CC1. The highest BCUT2D eigenvalue weighted by atomic mass is 16.5. The van der Waals surface area contributed by atoms with Gasteiger partial charge in [-0.15, -0.1) is 0 Å². The average Bonchev–Trinajstić information content (AvgIpc) is 2.64. The molecule has 1 aliphatic carbocycles. The van der Waals surface area contributed by atoms with Gasteiger partial charge in [0.05, 0.1) is 24.3 Å². The molecular weight excluding hydrogens is 328 g/mol. The minimum absolute atomic E-state index is 0.0683. The van der Waals surface area contributed by atoms with Crippen LogP contribution in [0.3, 0.4) is 0 Å². The van der Waals surface area contributed by atoms with E-state index in [2.05, 4.69) is 19.2 Å². The van der Waals surface area contributed by atoms with Gasteiger partial charge in [-0.25, -0.2) is 0 Å². The monoisotopic (exact) mass is 364 g/mol. The van der Waals surface area contributed by atoms with Crippen molar-refractivity contribution in [1.82, 2.24) is 10.2 Å². The minimum atomic E-state index is -0.137. The van der Waals surface area contributed by atoms with Crippen LogP contribution in [0.2, 0.25) is 0 Å². The summed E-state index contributed by atoms with van der Waals surface area (Å²) in [5.74, 6) is 1.42. The predicted molar refractivity (Wildman–Crippen MR) is 105 cm³/mol. The molecule has 1 saturated heterocycles. The molecule has 0 bridgehead atoms. The second kappa shape index (κ2) is 10.1. The number of nitrogens with zero attached hydrogens (tertiary/aromatic N) is 1. The Kier molecular flexibility index (Phi) is 8.10. The van der Waals surface area contributed by atoms with E-state index < -0.39 is 0 Å². The Hall–Kier alpha value is -1.40. The first kappa shape index (κ1) is 20.9. The lowest BCUT2D eigenvalue weighted by atomic mass is 9.80. The van der Waals surface area contributed by atoms with Gasteiger partial charge < -0.3 is 26.1 Å². The van der Waals surface area contributed by atoms with Crippen molar-refractivity contribution in [1.29, 1.82) is 5.41 Å². The van der Waals surface area contributed by atoms with Crippen molar-refractivity contribution in [2.24, 2.45) is 17.6 Å². The number of piperidine rings is 1. The molecule has 2 aliphatic rings. The van der Waals surface area contributed by atoms with E-state index in [0.29, 0.717) is 18.7 Å². The van der Waals surface area contributed by atoms with E-state index in [0.717, 1.165) is 43.7 Å². The van der Waals surface area contributed by atoms with Gasteiger partial charge in [-0.1, -0.05) is 13.8 Å². The van der Waals surface area contributed by atoms with Crippen LogP contribution in [0, 0.1) is 17.2 Å². The van der Waals surface area contributed by atoms with Crippen LogP contribution in [0.4, 0.5) is 0 Å². The summed E-state index contributed by atoms with van der Waals surface area (Å²) in [7, 11) is 1.73. The zero-order valence-electron chi connectivity index (χ0n) is 16.5. The molecule has 0 aromatic carbocycles. The quantitative estimate of drug-likeness (QED) is 0.477. The van der Waals surface area contributed by atoms with E-state index in [4.69, 9.17) is 15.9 Å². The van der Waals surface area contributed by atoms with Crippen molar-refractivity contribution in [2.45, 2.75) is 70.6 Å². The molecule has 6 heteroatoms. The molecule has 1 saturated carbocycles. The lowest BCUT2D eigenvalue weighted by Gasteiger charge is -2.41. The van der Waals surface area contributed by atoms with E-state index >= 15 is 0 Å². The third-order valence-corrected chi connectivity index (χ3v) is 5.96. The number of likely N-dealkylation sites (tertiary alicyclic amines) is 1. The molecule has 2 fully saturated rings. The van der Waals surface area contributed by atoms with Gasteiger partial charge in [0.15, 0.2) is 0 Å².